The van der Waals surface area contributed by atoms with Crippen LogP contribution < -0.4 is 14.8 Å². The fourth-order valence-corrected chi connectivity index (χ4v) is 3.57. The third-order valence-electron chi connectivity index (χ3n) is 4.78. The molecule has 0 spiro atoms. The summed E-state index contributed by atoms with van der Waals surface area (Å²) in [7, 11) is 1.69. The van der Waals surface area contributed by atoms with Crippen LogP contribution >= 0.6 is 0 Å². The molecule has 0 bridgehead atoms. The smallest absolute Gasteiger partial charge is 0.161 e. The maximum Gasteiger partial charge on any atom is 0.161 e. The molecule has 0 amide bonds. The molecule has 0 radical (unpaired) electrons. The zero-order valence-corrected chi connectivity index (χ0v) is 14.6. The van der Waals surface area contributed by atoms with Crippen LogP contribution in [-0.4, -0.2) is 25.2 Å². The van der Waals surface area contributed by atoms with Gasteiger partial charge in [0.05, 0.1) is 19.8 Å². The van der Waals surface area contributed by atoms with Crippen molar-refractivity contribution < 1.29 is 9.47 Å². The Balaban J connectivity index is 1.80. The molecule has 3 aromatic rings. The van der Waals surface area contributed by atoms with Gasteiger partial charge in [-0.25, -0.2) is 0 Å². The van der Waals surface area contributed by atoms with Crippen LogP contribution in [0.1, 0.15) is 29.7 Å². The number of nitrogens with zero attached hydrogens (tertiary/aromatic N) is 1. The average Bonchev–Trinajstić information content (AvgIpc) is 2.67. The lowest BCUT2D eigenvalue weighted by molar-refractivity contribution is 0.309. The highest BCUT2D eigenvalue weighted by molar-refractivity contribution is 5.82. The molecule has 0 saturated carbocycles. The minimum atomic E-state index is 0.159. The van der Waals surface area contributed by atoms with Crippen LogP contribution in [-0.2, 0) is 6.42 Å². The molecule has 4 nitrogen and oxygen atoms in total. The van der Waals surface area contributed by atoms with Gasteiger partial charge in [-0.3, -0.25) is 4.98 Å². The molecule has 2 heterocycles. The van der Waals surface area contributed by atoms with E-state index in [-0.39, 0.29) is 6.04 Å². The van der Waals surface area contributed by atoms with Crippen LogP contribution in [0, 0.1) is 0 Å². The van der Waals surface area contributed by atoms with E-state index in [0.29, 0.717) is 6.61 Å². The van der Waals surface area contributed by atoms with Crippen LogP contribution in [0.2, 0.25) is 0 Å². The first kappa shape index (κ1) is 15.9. The van der Waals surface area contributed by atoms with Crippen molar-refractivity contribution in [3.05, 3.63) is 65.5 Å². The Morgan fingerprint density at radius 3 is 2.88 bits per heavy atom. The van der Waals surface area contributed by atoms with E-state index in [4.69, 9.17) is 9.47 Å². The molecule has 4 heteroatoms. The van der Waals surface area contributed by atoms with Gasteiger partial charge in [0.1, 0.15) is 0 Å². The number of methoxy groups -OCH3 is 1. The molecule has 1 aliphatic heterocycles. The molecule has 0 fully saturated rings. The Morgan fingerprint density at radius 2 is 2.04 bits per heavy atom. The molecule has 25 heavy (non-hydrogen) atoms. The van der Waals surface area contributed by atoms with E-state index >= 15 is 0 Å². The van der Waals surface area contributed by atoms with Crippen molar-refractivity contribution in [2.24, 2.45) is 0 Å². The molecule has 0 saturated heterocycles. The second-order valence-electron chi connectivity index (χ2n) is 6.25. The highest BCUT2D eigenvalue weighted by Gasteiger charge is 2.24. The lowest BCUT2D eigenvalue weighted by Crippen LogP contribution is -2.30. The number of nitrogens with one attached hydrogen (secondary N) is 1. The number of hydrogen-bond donors (Lipinski definition) is 1. The van der Waals surface area contributed by atoms with Gasteiger partial charge >= 0.3 is 0 Å². The van der Waals surface area contributed by atoms with Gasteiger partial charge < -0.3 is 14.8 Å². The summed E-state index contributed by atoms with van der Waals surface area (Å²) in [6, 6.07) is 13.0. The first-order chi connectivity index (χ1) is 12.3. The third-order valence-corrected chi connectivity index (χ3v) is 4.78. The zero-order valence-electron chi connectivity index (χ0n) is 14.6. The minimum absolute atomic E-state index is 0.159. The molecular formula is C21H22N2O2. The van der Waals surface area contributed by atoms with Crippen molar-refractivity contribution in [2.75, 3.05) is 20.3 Å². The lowest BCUT2D eigenvalue weighted by Gasteiger charge is -2.29. The van der Waals surface area contributed by atoms with Crippen molar-refractivity contribution in [3.8, 4) is 11.5 Å². The predicted octanol–water partition coefficient (Wildman–Crippen LogP) is 3.88. The monoisotopic (exact) mass is 334 g/mol. The Labute approximate surface area is 147 Å². The summed E-state index contributed by atoms with van der Waals surface area (Å²) in [6.45, 7) is 3.56. The molecule has 0 aliphatic carbocycles. The Hall–Kier alpha value is -2.59. The van der Waals surface area contributed by atoms with Crippen LogP contribution in [0.15, 0.2) is 48.8 Å². The normalized spacial score (nSPS) is 16.5. The maximum absolute atomic E-state index is 5.79. The summed E-state index contributed by atoms with van der Waals surface area (Å²) < 4.78 is 11.3. The highest BCUT2D eigenvalue weighted by Crippen LogP contribution is 2.38. The Kier molecular flexibility index (Phi) is 4.28. The largest absolute Gasteiger partial charge is 0.493 e. The van der Waals surface area contributed by atoms with Gasteiger partial charge in [0.15, 0.2) is 11.5 Å². The molecule has 1 N–H and O–H groups in total. The van der Waals surface area contributed by atoms with Crippen molar-refractivity contribution in [2.45, 2.75) is 19.4 Å². The molecule has 1 aliphatic rings. The highest BCUT2D eigenvalue weighted by atomic mass is 16.5. The molecule has 2 aromatic carbocycles. The number of aromatic nitrogens is 1. The van der Waals surface area contributed by atoms with Gasteiger partial charge in [0.2, 0.25) is 0 Å². The van der Waals surface area contributed by atoms with Crippen LogP contribution in [0.5, 0.6) is 11.5 Å². The number of rotatable bonds is 4. The van der Waals surface area contributed by atoms with Crippen molar-refractivity contribution in [3.63, 3.8) is 0 Å². The van der Waals surface area contributed by atoms with Crippen LogP contribution in [0.25, 0.3) is 10.8 Å². The van der Waals surface area contributed by atoms with Crippen molar-refractivity contribution in [1.29, 1.82) is 0 Å². The molecule has 4 rings (SSSR count). The quantitative estimate of drug-likeness (QED) is 0.786. The second kappa shape index (κ2) is 6.73. The summed E-state index contributed by atoms with van der Waals surface area (Å²) >= 11 is 0. The molecule has 1 unspecified atom stereocenters. The summed E-state index contributed by atoms with van der Waals surface area (Å²) in [4.78, 5) is 4.20. The Morgan fingerprint density at radius 1 is 1.12 bits per heavy atom. The van der Waals surface area contributed by atoms with Gasteiger partial charge in [0, 0.05) is 24.3 Å². The summed E-state index contributed by atoms with van der Waals surface area (Å²) in [5, 5.41) is 6.02. The van der Waals surface area contributed by atoms with E-state index < -0.39 is 0 Å². The van der Waals surface area contributed by atoms with Crippen LogP contribution in [0.3, 0.4) is 0 Å². The van der Waals surface area contributed by atoms with Gasteiger partial charge in [-0.05, 0) is 59.7 Å². The zero-order chi connectivity index (χ0) is 17.2. The topological polar surface area (TPSA) is 43.4 Å². The first-order valence-corrected chi connectivity index (χ1v) is 8.71. The van der Waals surface area contributed by atoms with Crippen molar-refractivity contribution >= 4 is 10.8 Å². The van der Waals surface area contributed by atoms with Gasteiger partial charge in [0.25, 0.3) is 0 Å². The second-order valence-corrected chi connectivity index (χ2v) is 6.25. The van der Waals surface area contributed by atoms with Gasteiger partial charge in [-0.1, -0.05) is 12.1 Å². The van der Waals surface area contributed by atoms with Crippen molar-refractivity contribution in [1.82, 2.24) is 10.3 Å². The molecular weight excluding hydrogens is 312 g/mol. The van der Waals surface area contributed by atoms with E-state index in [1.807, 2.05) is 19.3 Å². The lowest BCUT2D eigenvalue weighted by atomic mass is 9.88. The summed E-state index contributed by atoms with van der Waals surface area (Å²) in [5.74, 6) is 1.62. The third kappa shape index (κ3) is 2.94. The molecule has 1 aromatic heterocycles. The first-order valence-electron chi connectivity index (χ1n) is 8.71. The fraction of sp³-hybridized carbons (Fsp3) is 0.286. The summed E-state index contributed by atoms with van der Waals surface area (Å²) in [5.41, 5.74) is 3.84. The number of ether oxygens (including phenoxy) is 2. The summed E-state index contributed by atoms with van der Waals surface area (Å²) in [6.07, 6.45) is 4.73. The predicted molar refractivity (Wildman–Crippen MR) is 99.5 cm³/mol. The fourth-order valence-electron chi connectivity index (χ4n) is 3.57. The van der Waals surface area contributed by atoms with E-state index in [0.717, 1.165) is 29.9 Å². The number of fused-ring (bicyclic) bond motifs is 2. The minimum Gasteiger partial charge on any atom is -0.493 e. The number of benzene rings is 2. The standard InChI is InChI=1S/C21H22N2O2/c1-3-25-20-12-18-15(11-19(20)24-2)7-9-23-21(18)16-4-5-17-13-22-8-6-14(17)10-16/h4-6,8,10-13,21,23H,3,7,9H2,1-2H3. The van der Waals surface area contributed by atoms with E-state index in [1.54, 1.807) is 7.11 Å². The maximum atomic E-state index is 5.79. The average molecular weight is 334 g/mol. The van der Waals surface area contributed by atoms with E-state index in [2.05, 4.69) is 46.7 Å². The van der Waals surface area contributed by atoms with Gasteiger partial charge in [-0.15, -0.1) is 0 Å². The van der Waals surface area contributed by atoms with Crippen LogP contribution in [0.4, 0.5) is 0 Å². The molecule has 1 atom stereocenters. The van der Waals surface area contributed by atoms with E-state index in [1.165, 1.54) is 22.1 Å². The number of hydrogen-bond acceptors (Lipinski definition) is 4. The number of pyridine rings is 1. The molecule has 128 valence electrons. The van der Waals surface area contributed by atoms with Gasteiger partial charge in [-0.2, -0.15) is 0 Å². The Bertz CT molecular complexity index is 908. The SMILES string of the molecule is CCOc1cc2c(cc1OC)CCNC2c1ccc2cnccc2c1. The van der Waals surface area contributed by atoms with E-state index in [9.17, 15) is 0 Å².